The first-order valence-electron chi connectivity index (χ1n) is 8.28. The molecule has 3 fully saturated rings. The SMILES string of the molecule is C=C[C@H]1CN2CC[C@H]1C[C@@H]2CNC(=S)NCc1ccc(Cl)cc1. The lowest BCUT2D eigenvalue weighted by atomic mass is 9.76. The Bertz CT molecular complexity index is 560. The van der Waals surface area contributed by atoms with E-state index >= 15 is 0 Å². The van der Waals surface area contributed by atoms with E-state index < -0.39 is 0 Å². The Kier molecular flexibility index (Phi) is 5.57. The summed E-state index contributed by atoms with van der Waals surface area (Å²) in [4.78, 5) is 2.58. The molecular weight excluding hydrogens is 326 g/mol. The van der Waals surface area contributed by atoms with Gasteiger partial charge >= 0.3 is 0 Å². The molecule has 124 valence electrons. The summed E-state index contributed by atoms with van der Waals surface area (Å²) in [5.41, 5.74) is 1.17. The van der Waals surface area contributed by atoms with Crippen LogP contribution in [0.25, 0.3) is 0 Å². The summed E-state index contributed by atoms with van der Waals surface area (Å²) < 4.78 is 0. The van der Waals surface area contributed by atoms with Gasteiger partial charge in [-0.1, -0.05) is 29.8 Å². The molecule has 1 aromatic rings. The van der Waals surface area contributed by atoms with Gasteiger partial charge in [-0.25, -0.2) is 0 Å². The van der Waals surface area contributed by atoms with E-state index in [1.807, 2.05) is 24.3 Å². The minimum Gasteiger partial charge on any atom is -0.361 e. The number of hydrogen-bond acceptors (Lipinski definition) is 2. The summed E-state index contributed by atoms with van der Waals surface area (Å²) in [7, 11) is 0. The minimum atomic E-state index is 0.597. The molecule has 2 N–H and O–H groups in total. The number of piperidine rings is 3. The molecule has 23 heavy (non-hydrogen) atoms. The van der Waals surface area contributed by atoms with Crippen LogP contribution >= 0.6 is 23.8 Å². The van der Waals surface area contributed by atoms with Gasteiger partial charge in [0, 0.05) is 30.7 Å². The predicted octanol–water partition coefficient (Wildman–Crippen LogP) is 3.20. The lowest BCUT2D eigenvalue weighted by Gasteiger charge is -2.49. The Balaban J connectivity index is 1.41. The highest BCUT2D eigenvalue weighted by molar-refractivity contribution is 7.80. The van der Waals surface area contributed by atoms with E-state index in [2.05, 4.69) is 28.2 Å². The molecule has 5 heteroatoms. The fourth-order valence-electron chi connectivity index (χ4n) is 3.72. The van der Waals surface area contributed by atoms with Crippen molar-refractivity contribution in [2.24, 2.45) is 11.8 Å². The molecule has 1 unspecified atom stereocenters. The van der Waals surface area contributed by atoms with Crippen molar-refractivity contribution in [1.29, 1.82) is 0 Å². The highest BCUT2D eigenvalue weighted by Gasteiger charge is 2.38. The van der Waals surface area contributed by atoms with Crippen LogP contribution in [0, 0.1) is 11.8 Å². The second kappa shape index (κ2) is 7.65. The van der Waals surface area contributed by atoms with Crippen molar-refractivity contribution in [3.8, 4) is 0 Å². The van der Waals surface area contributed by atoms with Gasteiger partial charge in [0.05, 0.1) is 0 Å². The van der Waals surface area contributed by atoms with Crippen LogP contribution in [0.5, 0.6) is 0 Å². The van der Waals surface area contributed by atoms with Crippen molar-refractivity contribution in [1.82, 2.24) is 15.5 Å². The number of fused-ring (bicyclic) bond motifs is 3. The third kappa shape index (κ3) is 4.25. The van der Waals surface area contributed by atoms with Crippen molar-refractivity contribution in [2.75, 3.05) is 19.6 Å². The Morgan fingerprint density at radius 2 is 2.13 bits per heavy atom. The summed E-state index contributed by atoms with van der Waals surface area (Å²) in [6.07, 6.45) is 4.70. The van der Waals surface area contributed by atoms with E-state index in [9.17, 15) is 0 Å². The fourth-order valence-corrected chi connectivity index (χ4v) is 4.00. The molecule has 0 radical (unpaired) electrons. The molecule has 3 aliphatic heterocycles. The van der Waals surface area contributed by atoms with Gasteiger partial charge in [0.1, 0.15) is 0 Å². The van der Waals surface area contributed by atoms with Crippen LogP contribution in [0.3, 0.4) is 0 Å². The molecule has 4 atom stereocenters. The molecule has 0 aromatic heterocycles. The van der Waals surface area contributed by atoms with E-state index in [1.165, 1.54) is 24.9 Å². The Morgan fingerprint density at radius 1 is 1.35 bits per heavy atom. The summed E-state index contributed by atoms with van der Waals surface area (Å²) in [5.74, 6) is 1.48. The summed E-state index contributed by atoms with van der Waals surface area (Å²) >= 11 is 11.3. The Labute approximate surface area is 149 Å². The van der Waals surface area contributed by atoms with Gasteiger partial charge < -0.3 is 10.6 Å². The smallest absolute Gasteiger partial charge is 0.166 e. The van der Waals surface area contributed by atoms with Crippen LogP contribution in [0.1, 0.15) is 18.4 Å². The molecule has 0 amide bonds. The zero-order valence-electron chi connectivity index (χ0n) is 13.3. The van der Waals surface area contributed by atoms with E-state index in [-0.39, 0.29) is 0 Å². The highest BCUT2D eigenvalue weighted by Crippen LogP contribution is 2.36. The third-order valence-corrected chi connectivity index (χ3v) is 5.64. The van der Waals surface area contributed by atoms with Gasteiger partial charge in [-0.05, 0) is 61.1 Å². The van der Waals surface area contributed by atoms with Crippen molar-refractivity contribution in [2.45, 2.75) is 25.4 Å². The number of thiocarbonyl (C=S) groups is 1. The van der Waals surface area contributed by atoms with Crippen LogP contribution in [-0.4, -0.2) is 35.7 Å². The molecule has 3 saturated heterocycles. The van der Waals surface area contributed by atoms with Crippen molar-refractivity contribution in [3.05, 3.63) is 47.5 Å². The number of nitrogens with one attached hydrogen (secondary N) is 2. The number of benzene rings is 1. The van der Waals surface area contributed by atoms with E-state index in [1.54, 1.807) is 0 Å². The third-order valence-electron chi connectivity index (χ3n) is 5.10. The number of halogens is 1. The molecule has 2 bridgehead atoms. The maximum absolute atomic E-state index is 5.89. The first-order chi connectivity index (χ1) is 11.2. The second-order valence-electron chi connectivity index (χ2n) is 6.52. The van der Waals surface area contributed by atoms with Crippen LogP contribution in [0.4, 0.5) is 0 Å². The zero-order chi connectivity index (χ0) is 16.2. The first kappa shape index (κ1) is 16.7. The molecule has 3 heterocycles. The summed E-state index contributed by atoms with van der Waals surface area (Å²) in [6.45, 7) is 8.00. The fraction of sp³-hybridized carbons (Fsp3) is 0.500. The van der Waals surface area contributed by atoms with Crippen molar-refractivity contribution in [3.63, 3.8) is 0 Å². The van der Waals surface area contributed by atoms with Gasteiger partial charge in [0.15, 0.2) is 5.11 Å². The van der Waals surface area contributed by atoms with Crippen molar-refractivity contribution >= 4 is 28.9 Å². The standard InChI is InChI=1S/C18H24ClN3S/c1-2-14-12-22-8-7-15(14)9-17(22)11-21-18(23)20-10-13-3-5-16(19)6-4-13/h2-6,14-15,17H,1,7-12H2,(H2,20,21,23)/t14-,15-,17+/m0/s1. The van der Waals surface area contributed by atoms with Gasteiger partial charge in [0.2, 0.25) is 0 Å². The molecule has 3 aliphatic rings. The molecule has 0 spiro atoms. The molecule has 3 nitrogen and oxygen atoms in total. The maximum Gasteiger partial charge on any atom is 0.166 e. The zero-order valence-corrected chi connectivity index (χ0v) is 14.9. The first-order valence-corrected chi connectivity index (χ1v) is 9.07. The maximum atomic E-state index is 5.89. The molecule has 1 aromatic carbocycles. The Hall–Kier alpha value is -1.10. The monoisotopic (exact) mass is 349 g/mol. The van der Waals surface area contributed by atoms with E-state index in [4.69, 9.17) is 23.8 Å². The number of rotatable bonds is 5. The lowest BCUT2D eigenvalue weighted by molar-refractivity contribution is 0.0215. The van der Waals surface area contributed by atoms with Gasteiger partial charge in [0.25, 0.3) is 0 Å². The van der Waals surface area contributed by atoms with Gasteiger partial charge in [-0.2, -0.15) is 0 Å². The quantitative estimate of drug-likeness (QED) is 0.630. The van der Waals surface area contributed by atoms with Crippen LogP contribution in [0.2, 0.25) is 5.02 Å². The normalized spacial score (nSPS) is 29.1. The van der Waals surface area contributed by atoms with Crippen LogP contribution < -0.4 is 10.6 Å². The largest absolute Gasteiger partial charge is 0.361 e. The van der Waals surface area contributed by atoms with Crippen LogP contribution in [-0.2, 0) is 6.54 Å². The number of nitrogens with zero attached hydrogens (tertiary/aromatic N) is 1. The molecule has 4 rings (SSSR count). The van der Waals surface area contributed by atoms with Gasteiger partial charge in [-0.15, -0.1) is 6.58 Å². The summed E-state index contributed by atoms with van der Waals surface area (Å²) in [6, 6.07) is 8.42. The minimum absolute atomic E-state index is 0.597. The second-order valence-corrected chi connectivity index (χ2v) is 7.37. The summed E-state index contributed by atoms with van der Waals surface area (Å²) in [5, 5.41) is 8.13. The average molecular weight is 350 g/mol. The van der Waals surface area contributed by atoms with Gasteiger partial charge in [-0.3, -0.25) is 4.90 Å². The van der Waals surface area contributed by atoms with Crippen LogP contribution in [0.15, 0.2) is 36.9 Å². The molecule has 0 aliphatic carbocycles. The van der Waals surface area contributed by atoms with E-state index in [0.29, 0.717) is 12.0 Å². The van der Waals surface area contributed by atoms with E-state index in [0.717, 1.165) is 35.7 Å². The molecule has 0 saturated carbocycles. The van der Waals surface area contributed by atoms with Crippen molar-refractivity contribution < 1.29 is 0 Å². The molecular formula is C18H24ClN3S. The Morgan fingerprint density at radius 3 is 2.78 bits per heavy atom. The number of hydrogen-bond donors (Lipinski definition) is 2. The topological polar surface area (TPSA) is 27.3 Å². The highest BCUT2D eigenvalue weighted by atomic mass is 35.5. The predicted molar refractivity (Wildman–Crippen MR) is 101 cm³/mol. The lowest BCUT2D eigenvalue weighted by Crippen LogP contribution is -2.56. The average Bonchev–Trinajstić information content (AvgIpc) is 2.59.